The highest BCUT2D eigenvalue weighted by Gasteiger charge is 2.34. The van der Waals surface area contributed by atoms with Crippen molar-refractivity contribution in [3.05, 3.63) is 35.6 Å². The zero-order valence-corrected chi connectivity index (χ0v) is 13.8. The Bertz CT molecular complexity index is 530. The van der Waals surface area contributed by atoms with Crippen LogP contribution < -0.4 is 11.1 Å². The van der Waals surface area contributed by atoms with E-state index in [4.69, 9.17) is 15.2 Å². The van der Waals surface area contributed by atoms with Gasteiger partial charge in [0.25, 0.3) is 0 Å². The first-order valence-electron chi connectivity index (χ1n) is 7.95. The summed E-state index contributed by atoms with van der Waals surface area (Å²) >= 11 is 0. The maximum Gasteiger partial charge on any atom is 0.188 e. The minimum absolute atomic E-state index is 0.0866. The summed E-state index contributed by atoms with van der Waals surface area (Å²) in [5, 5.41) is 3.10. The fraction of sp³-hybridized carbons (Fsp3) is 0.588. The molecule has 0 aromatic heterocycles. The van der Waals surface area contributed by atoms with Crippen LogP contribution in [-0.2, 0) is 14.9 Å². The highest BCUT2D eigenvalue weighted by molar-refractivity contribution is 5.78. The van der Waals surface area contributed by atoms with Crippen molar-refractivity contribution in [3.63, 3.8) is 0 Å². The molecule has 2 rings (SSSR count). The molecular weight excluding hydrogens is 297 g/mol. The zero-order chi connectivity index (χ0) is 16.7. The monoisotopic (exact) mass is 323 g/mol. The molecule has 3 N–H and O–H groups in total. The number of guanidine groups is 1. The van der Waals surface area contributed by atoms with Crippen LogP contribution in [0, 0.1) is 5.82 Å². The van der Waals surface area contributed by atoms with Gasteiger partial charge in [-0.2, -0.15) is 0 Å². The van der Waals surface area contributed by atoms with Gasteiger partial charge in [-0.3, -0.25) is 4.99 Å². The van der Waals surface area contributed by atoms with Gasteiger partial charge in [-0.25, -0.2) is 4.39 Å². The summed E-state index contributed by atoms with van der Waals surface area (Å²) < 4.78 is 24.2. The molecule has 1 fully saturated rings. The molecule has 128 valence electrons. The van der Waals surface area contributed by atoms with Crippen LogP contribution in [0.15, 0.2) is 29.3 Å². The molecule has 1 aliphatic heterocycles. The summed E-state index contributed by atoms with van der Waals surface area (Å²) in [6, 6.07) is 6.85. The van der Waals surface area contributed by atoms with Gasteiger partial charge in [0, 0.05) is 31.8 Å². The van der Waals surface area contributed by atoms with Gasteiger partial charge in [-0.1, -0.05) is 12.1 Å². The maximum atomic E-state index is 13.6. The zero-order valence-electron chi connectivity index (χ0n) is 13.8. The van der Waals surface area contributed by atoms with E-state index in [1.54, 1.807) is 19.2 Å². The molecule has 0 bridgehead atoms. The molecule has 6 heteroatoms. The first-order valence-corrected chi connectivity index (χ1v) is 7.95. The van der Waals surface area contributed by atoms with E-state index >= 15 is 0 Å². The van der Waals surface area contributed by atoms with Gasteiger partial charge < -0.3 is 20.5 Å². The number of hydrogen-bond donors (Lipinski definition) is 2. The van der Waals surface area contributed by atoms with Crippen LogP contribution in [0.5, 0.6) is 0 Å². The van der Waals surface area contributed by atoms with E-state index in [1.807, 2.05) is 13.0 Å². The van der Waals surface area contributed by atoms with Crippen molar-refractivity contribution in [3.8, 4) is 0 Å². The van der Waals surface area contributed by atoms with Crippen LogP contribution in [0.2, 0.25) is 0 Å². The lowest BCUT2D eigenvalue weighted by molar-refractivity contribution is 0.0530. The highest BCUT2D eigenvalue weighted by Crippen LogP contribution is 2.35. The lowest BCUT2D eigenvalue weighted by atomic mass is 9.74. The molecule has 23 heavy (non-hydrogen) atoms. The van der Waals surface area contributed by atoms with E-state index in [-0.39, 0.29) is 17.3 Å². The lowest BCUT2D eigenvalue weighted by Gasteiger charge is -2.36. The van der Waals surface area contributed by atoms with E-state index in [2.05, 4.69) is 10.3 Å². The number of halogens is 1. The number of nitrogens with one attached hydrogen (secondary N) is 1. The third-order valence-corrected chi connectivity index (χ3v) is 4.25. The van der Waals surface area contributed by atoms with Gasteiger partial charge in [0.15, 0.2) is 5.96 Å². The Morgan fingerprint density at radius 2 is 2.22 bits per heavy atom. The Labute approximate surface area is 137 Å². The lowest BCUT2D eigenvalue weighted by Crippen LogP contribution is -2.43. The fourth-order valence-corrected chi connectivity index (χ4v) is 2.94. The van der Waals surface area contributed by atoms with Gasteiger partial charge in [0.1, 0.15) is 5.82 Å². The van der Waals surface area contributed by atoms with Gasteiger partial charge in [0.2, 0.25) is 0 Å². The summed E-state index contributed by atoms with van der Waals surface area (Å²) in [4.78, 5) is 4.50. The van der Waals surface area contributed by atoms with E-state index in [9.17, 15) is 4.39 Å². The summed E-state index contributed by atoms with van der Waals surface area (Å²) in [7, 11) is 1.65. The number of hydrogen-bond acceptors (Lipinski definition) is 3. The van der Waals surface area contributed by atoms with Crippen molar-refractivity contribution in [1.29, 1.82) is 0 Å². The maximum absolute atomic E-state index is 13.6. The molecular formula is C17H26FN3O2. The van der Waals surface area contributed by atoms with Crippen molar-refractivity contribution in [1.82, 2.24) is 5.32 Å². The molecule has 0 amide bonds. The second kappa shape index (κ2) is 8.26. The number of nitrogens with zero attached hydrogens (tertiary/aromatic N) is 1. The Kier molecular flexibility index (Phi) is 6.36. The number of ether oxygens (including phenoxy) is 2. The molecule has 1 saturated heterocycles. The predicted molar refractivity (Wildman–Crippen MR) is 89.1 cm³/mol. The topological polar surface area (TPSA) is 68.9 Å². The van der Waals surface area contributed by atoms with Gasteiger partial charge in [0.05, 0.1) is 13.2 Å². The second-order valence-electron chi connectivity index (χ2n) is 6.11. The Morgan fingerprint density at radius 1 is 1.48 bits per heavy atom. The molecule has 0 saturated carbocycles. The molecule has 0 spiro atoms. The van der Waals surface area contributed by atoms with Crippen LogP contribution in [0.25, 0.3) is 0 Å². The molecule has 1 heterocycles. The smallest absolute Gasteiger partial charge is 0.188 e. The first kappa shape index (κ1) is 17.7. The standard InChI is InChI=1S/C17H26FN3O2/c1-13(11-22-2)21-16(19)20-12-17(6-8-23-9-7-17)14-4-3-5-15(18)10-14/h3-5,10,13H,6-9,11-12H2,1-2H3,(H3,19,20,21). The average molecular weight is 323 g/mol. The normalized spacial score (nSPS) is 19.3. The molecule has 1 aliphatic rings. The van der Waals surface area contributed by atoms with Crippen molar-refractivity contribution in [2.75, 3.05) is 33.5 Å². The van der Waals surface area contributed by atoms with E-state index in [0.29, 0.717) is 32.3 Å². The Balaban J connectivity index is 2.13. The van der Waals surface area contributed by atoms with E-state index in [0.717, 1.165) is 18.4 Å². The summed E-state index contributed by atoms with van der Waals surface area (Å²) in [5.41, 5.74) is 6.70. The van der Waals surface area contributed by atoms with Crippen molar-refractivity contribution in [2.45, 2.75) is 31.2 Å². The third kappa shape index (κ3) is 4.91. The van der Waals surface area contributed by atoms with Crippen molar-refractivity contribution >= 4 is 5.96 Å². The minimum atomic E-state index is -0.225. The molecule has 1 unspecified atom stereocenters. The minimum Gasteiger partial charge on any atom is -0.383 e. The van der Waals surface area contributed by atoms with Crippen LogP contribution in [0.4, 0.5) is 4.39 Å². The summed E-state index contributed by atoms with van der Waals surface area (Å²) in [6.07, 6.45) is 1.61. The average Bonchev–Trinajstić information content (AvgIpc) is 2.54. The number of nitrogens with two attached hydrogens (primary N) is 1. The first-order chi connectivity index (χ1) is 11.1. The molecule has 1 aromatic carbocycles. The van der Waals surface area contributed by atoms with Gasteiger partial charge >= 0.3 is 0 Å². The fourth-order valence-electron chi connectivity index (χ4n) is 2.94. The predicted octanol–water partition coefficient (Wildman–Crippen LogP) is 1.81. The number of aliphatic imine (C=N–C) groups is 1. The molecule has 5 nitrogen and oxygen atoms in total. The largest absolute Gasteiger partial charge is 0.383 e. The third-order valence-electron chi connectivity index (χ3n) is 4.25. The van der Waals surface area contributed by atoms with E-state index < -0.39 is 0 Å². The van der Waals surface area contributed by atoms with Crippen molar-refractivity contribution < 1.29 is 13.9 Å². The summed E-state index contributed by atoms with van der Waals surface area (Å²) in [5.74, 6) is 0.161. The van der Waals surface area contributed by atoms with Gasteiger partial charge in [-0.05, 0) is 37.5 Å². The molecule has 1 aromatic rings. The summed E-state index contributed by atoms with van der Waals surface area (Å²) in [6.45, 7) is 4.35. The number of methoxy groups -OCH3 is 1. The van der Waals surface area contributed by atoms with Crippen LogP contribution in [0.1, 0.15) is 25.3 Å². The van der Waals surface area contributed by atoms with Crippen LogP contribution >= 0.6 is 0 Å². The number of benzene rings is 1. The molecule has 0 radical (unpaired) electrons. The Morgan fingerprint density at radius 3 is 2.87 bits per heavy atom. The van der Waals surface area contributed by atoms with Gasteiger partial charge in [-0.15, -0.1) is 0 Å². The number of rotatable bonds is 6. The Hall–Kier alpha value is -1.66. The highest BCUT2D eigenvalue weighted by atomic mass is 19.1. The quantitative estimate of drug-likeness (QED) is 0.619. The van der Waals surface area contributed by atoms with Crippen molar-refractivity contribution in [2.24, 2.45) is 10.7 Å². The van der Waals surface area contributed by atoms with Crippen LogP contribution in [0.3, 0.4) is 0 Å². The van der Waals surface area contributed by atoms with Crippen LogP contribution in [-0.4, -0.2) is 45.5 Å². The second-order valence-corrected chi connectivity index (χ2v) is 6.11. The molecule has 0 aliphatic carbocycles. The van der Waals surface area contributed by atoms with E-state index in [1.165, 1.54) is 6.07 Å². The molecule has 1 atom stereocenters. The SMILES string of the molecule is COCC(C)NC(N)=NCC1(c2cccc(F)c2)CCOCC1.